The third-order valence-electron chi connectivity index (χ3n) is 1.46. The molecule has 0 spiro atoms. The van der Waals surface area contributed by atoms with Gasteiger partial charge in [0.25, 0.3) is 0 Å². The third kappa shape index (κ3) is 2.52. The number of hydrogen-bond donors (Lipinski definition) is 3. The number of benzene rings is 1. The molecule has 13 heavy (non-hydrogen) atoms. The number of nitrogens with two attached hydrogens (primary N) is 1. The lowest BCUT2D eigenvalue weighted by Gasteiger charge is -1.95. The van der Waals surface area contributed by atoms with E-state index in [1.165, 1.54) is 0 Å². The summed E-state index contributed by atoms with van der Waals surface area (Å²) >= 11 is 0. The fourth-order valence-electron chi connectivity index (χ4n) is 0.812. The SMILES string of the molecule is Nc1ccc(C=C(O)C(=O)O)cc1. The fourth-order valence-corrected chi connectivity index (χ4v) is 0.812. The molecule has 4 N–H and O–H groups in total. The monoisotopic (exact) mass is 179 g/mol. The second kappa shape index (κ2) is 3.62. The van der Waals surface area contributed by atoms with Gasteiger partial charge in [0.15, 0.2) is 0 Å². The first kappa shape index (κ1) is 9.12. The van der Waals surface area contributed by atoms with Crippen LogP contribution in [-0.2, 0) is 4.79 Å². The van der Waals surface area contributed by atoms with Gasteiger partial charge in [0.05, 0.1) is 0 Å². The fraction of sp³-hybridized carbons (Fsp3) is 0. The Kier molecular flexibility index (Phi) is 2.54. The van der Waals surface area contributed by atoms with Crippen molar-refractivity contribution in [1.82, 2.24) is 0 Å². The molecule has 0 saturated heterocycles. The van der Waals surface area contributed by atoms with Crippen molar-refractivity contribution >= 4 is 17.7 Å². The van der Waals surface area contributed by atoms with Crippen molar-refractivity contribution in [3.8, 4) is 0 Å². The van der Waals surface area contributed by atoms with E-state index < -0.39 is 11.7 Å². The summed E-state index contributed by atoms with van der Waals surface area (Å²) in [5, 5.41) is 17.2. The molecule has 0 aliphatic rings. The molecule has 4 heteroatoms. The maximum absolute atomic E-state index is 10.2. The quantitative estimate of drug-likeness (QED) is 0.362. The molecule has 0 atom stereocenters. The van der Waals surface area contributed by atoms with Crippen LogP contribution < -0.4 is 5.73 Å². The Morgan fingerprint density at radius 2 is 1.77 bits per heavy atom. The molecule has 0 radical (unpaired) electrons. The van der Waals surface area contributed by atoms with Gasteiger partial charge in [0.1, 0.15) is 0 Å². The number of carbonyl (C=O) groups is 1. The number of aliphatic hydroxyl groups excluding tert-OH is 1. The predicted octanol–water partition coefficient (Wildman–Crippen LogP) is 1.25. The largest absolute Gasteiger partial charge is 0.502 e. The molecule has 0 aromatic heterocycles. The van der Waals surface area contributed by atoms with Gasteiger partial charge >= 0.3 is 5.97 Å². The number of carboxylic acid groups (broad SMARTS) is 1. The normalized spacial score (nSPS) is 11.2. The van der Waals surface area contributed by atoms with E-state index in [2.05, 4.69) is 0 Å². The molecule has 0 amide bonds. The Labute approximate surface area is 74.9 Å². The first-order valence-corrected chi connectivity index (χ1v) is 3.59. The highest BCUT2D eigenvalue weighted by molar-refractivity contribution is 5.89. The summed E-state index contributed by atoms with van der Waals surface area (Å²) < 4.78 is 0. The first-order valence-electron chi connectivity index (χ1n) is 3.59. The Balaban J connectivity index is 2.92. The average molecular weight is 179 g/mol. The van der Waals surface area contributed by atoms with Gasteiger partial charge in [-0.3, -0.25) is 0 Å². The van der Waals surface area contributed by atoms with Gasteiger partial charge in [-0.25, -0.2) is 4.79 Å². The minimum atomic E-state index is -1.35. The molecule has 0 heterocycles. The molecule has 0 fully saturated rings. The lowest BCUT2D eigenvalue weighted by molar-refractivity contribution is -0.135. The summed E-state index contributed by atoms with van der Waals surface area (Å²) in [7, 11) is 0. The molecule has 0 aliphatic heterocycles. The second-order valence-corrected chi connectivity index (χ2v) is 2.50. The number of rotatable bonds is 2. The number of anilines is 1. The standard InChI is InChI=1S/C9H9NO3/c10-7-3-1-6(2-4-7)5-8(11)9(12)13/h1-5,11H,10H2,(H,12,13). The number of hydrogen-bond acceptors (Lipinski definition) is 3. The van der Waals surface area contributed by atoms with Crippen molar-refractivity contribution in [2.45, 2.75) is 0 Å². The van der Waals surface area contributed by atoms with Crippen LogP contribution in [0.1, 0.15) is 5.56 Å². The van der Waals surface area contributed by atoms with Gasteiger partial charge in [0, 0.05) is 5.69 Å². The van der Waals surface area contributed by atoms with Crippen molar-refractivity contribution in [2.24, 2.45) is 0 Å². The van der Waals surface area contributed by atoms with Crippen molar-refractivity contribution in [1.29, 1.82) is 0 Å². The first-order chi connectivity index (χ1) is 6.09. The van der Waals surface area contributed by atoms with E-state index in [0.29, 0.717) is 11.3 Å². The zero-order chi connectivity index (χ0) is 9.84. The van der Waals surface area contributed by atoms with Crippen LogP contribution in [0.25, 0.3) is 6.08 Å². The summed E-state index contributed by atoms with van der Waals surface area (Å²) in [5.41, 5.74) is 6.60. The van der Waals surface area contributed by atoms with E-state index in [4.69, 9.17) is 15.9 Å². The van der Waals surface area contributed by atoms with E-state index in [9.17, 15) is 4.79 Å². The highest BCUT2D eigenvalue weighted by Crippen LogP contribution is 2.08. The van der Waals surface area contributed by atoms with E-state index in [-0.39, 0.29) is 0 Å². The van der Waals surface area contributed by atoms with Gasteiger partial charge in [0.2, 0.25) is 5.76 Å². The molecule has 0 unspecified atom stereocenters. The Morgan fingerprint density at radius 3 is 2.23 bits per heavy atom. The smallest absolute Gasteiger partial charge is 0.370 e. The molecule has 1 aromatic carbocycles. The van der Waals surface area contributed by atoms with Gasteiger partial charge in [-0.2, -0.15) is 0 Å². The van der Waals surface area contributed by atoms with E-state index >= 15 is 0 Å². The van der Waals surface area contributed by atoms with Crippen LogP contribution in [-0.4, -0.2) is 16.2 Å². The molecule has 1 rings (SSSR count). The van der Waals surface area contributed by atoms with Crippen LogP contribution in [0, 0.1) is 0 Å². The predicted molar refractivity (Wildman–Crippen MR) is 49.1 cm³/mol. The van der Waals surface area contributed by atoms with Crippen LogP contribution in [0.15, 0.2) is 30.0 Å². The minimum absolute atomic E-state index is 0.590. The van der Waals surface area contributed by atoms with Crippen LogP contribution in [0.5, 0.6) is 0 Å². The summed E-state index contributed by atoms with van der Waals surface area (Å²) in [4.78, 5) is 10.2. The maximum atomic E-state index is 10.2. The molecular formula is C9H9NO3. The highest BCUT2D eigenvalue weighted by atomic mass is 16.4. The molecule has 68 valence electrons. The summed E-state index contributed by atoms with van der Waals surface area (Å²) in [6.45, 7) is 0. The third-order valence-corrected chi connectivity index (χ3v) is 1.46. The van der Waals surface area contributed by atoms with E-state index in [1.54, 1.807) is 24.3 Å². The van der Waals surface area contributed by atoms with E-state index in [1.807, 2.05) is 0 Å². The number of carboxylic acids is 1. The summed E-state index contributed by atoms with van der Waals surface area (Å²) in [6, 6.07) is 6.49. The molecule has 1 aromatic rings. The van der Waals surface area contributed by atoms with E-state index in [0.717, 1.165) is 6.08 Å². The number of aliphatic hydroxyl groups is 1. The Morgan fingerprint density at radius 1 is 1.23 bits per heavy atom. The lowest BCUT2D eigenvalue weighted by atomic mass is 10.2. The Hall–Kier alpha value is -1.97. The second-order valence-electron chi connectivity index (χ2n) is 2.50. The van der Waals surface area contributed by atoms with Gasteiger partial charge < -0.3 is 15.9 Å². The van der Waals surface area contributed by atoms with Crippen LogP contribution in [0.4, 0.5) is 5.69 Å². The van der Waals surface area contributed by atoms with Crippen LogP contribution in [0.2, 0.25) is 0 Å². The zero-order valence-electron chi connectivity index (χ0n) is 6.77. The Bertz CT molecular complexity index is 340. The van der Waals surface area contributed by atoms with Gasteiger partial charge in [-0.05, 0) is 23.8 Å². The van der Waals surface area contributed by atoms with Crippen LogP contribution >= 0.6 is 0 Å². The average Bonchev–Trinajstić information content (AvgIpc) is 2.08. The highest BCUT2D eigenvalue weighted by Gasteiger charge is 2.02. The van der Waals surface area contributed by atoms with Crippen molar-refractivity contribution in [2.75, 3.05) is 5.73 Å². The minimum Gasteiger partial charge on any atom is -0.502 e. The summed E-state index contributed by atoms with van der Waals surface area (Å²) in [5.74, 6) is -2.04. The maximum Gasteiger partial charge on any atom is 0.370 e. The summed E-state index contributed by atoms with van der Waals surface area (Å²) in [6.07, 6.45) is 1.15. The molecule has 0 saturated carbocycles. The lowest BCUT2D eigenvalue weighted by Crippen LogP contribution is -1.98. The van der Waals surface area contributed by atoms with Crippen molar-refractivity contribution in [3.63, 3.8) is 0 Å². The number of nitrogen functional groups attached to an aromatic ring is 1. The van der Waals surface area contributed by atoms with Gasteiger partial charge in [-0.1, -0.05) is 12.1 Å². The number of aliphatic carboxylic acids is 1. The van der Waals surface area contributed by atoms with Crippen molar-refractivity contribution in [3.05, 3.63) is 35.6 Å². The van der Waals surface area contributed by atoms with Crippen LogP contribution in [0.3, 0.4) is 0 Å². The topological polar surface area (TPSA) is 83.5 Å². The zero-order valence-corrected chi connectivity index (χ0v) is 6.77. The molecule has 0 aliphatic carbocycles. The molecule has 0 bridgehead atoms. The molecule has 4 nitrogen and oxygen atoms in total. The molecular weight excluding hydrogens is 170 g/mol. The van der Waals surface area contributed by atoms with Gasteiger partial charge in [-0.15, -0.1) is 0 Å². The van der Waals surface area contributed by atoms with Crippen molar-refractivity contribution < 1.29 is 15.0 Å².